The lowest BCUT2D eigenvalue weighted by Gasteiger charge is -2.14. The Morgan fingerprint density at radius 1 is 1.10 bits per heavy atom. The largest absolute Gasteiger partial charge is 0.481 e. The summed E-state index contributed by atoms with van der Waals surface area (Å²) in [5.74, 6) is 0.590. The third-order valence-corrected chi connectivity index (χ3v) is 3.01. The van der Waals surface area contributed by atoms with Crippen LogP contribution in [0.5, 0.6) is 5.75 Å². The van der Waals surface area contributed by atoms with Gasteiger partial charge in [-0.05, 0) is 31.5 Å². The first-order chi connectivity index (χ1) is 9.65. The van der Waals surface area contributed by atoms with Gasteiger partial charge in [0, 0.05) is 6.54 Å². The second kappa shape index (κ2) is 6.75. The molecule has 0 aliphatic carbocycles. The van der Waals surface area contributed by atoms with Crippen molar-refractivity contribution in [3.63, 3.8) is 0 Å². The van der Waals surface area contributed by atoms with Gasteiger partial charge in [0.15, 0.2) is 6.10 Å². The Morgan fingerprint density at radius 3 is 2.40 bits per heavy atom. The molecule has 0 fully saturated rings. The maximum Gasteiger partial charge on any atom is 0.261 e. The molecule has 1 N–H and O–H groups in total. The highest BCUT2D eigenvalue weighted by molar-refractivity contribution is 5.80. The number of aryl methyl sites for hydroxylation is 1. The van der Waals surface area contributed by atoms with Crippen LogP contribution >= 0.6 is 0 Å². The van der Waals surface area contributed by atoms with Crippen molar-refractivity contribution in [3.8, 4) is 5.75 Å². The fourth-order valence-electron chi connectivity index (χ4n) is 1.80. The molecule has 0 aliphatic rings. The van der Waals surface area contributed by atoms with Crippen molar-refractivity contribution in [3.05, 3.63) is 65.7 Å². The molecule has 0 unspecified atom stereocenters. The molecule has 0 aromatic heterocycles. The van der Waals surface area contributed by atoms with Crippen LogP contribution in [0.1, 0.15) is 18.1 Å². The van der Waals surface area contributed by atoms with Crippen LogP contribution in [-0.4, -0.2) is 12.0 Å². The first-order valence-electron chi connectivity index (χ1n) is 6.70. The Balaban J connectivity index is 1.84. The maximum atomic E-state index is 12.0. The molecule has 0 saturated carbocycles. The number of benzene rings is 2. The summed E-state index contributed by atoms with van der Waals surface area (Å²) in [5, 5.41) is 2.87. The van der Waals surface area contributed by atoms with Crippen molar-refractivity contribution < 1.29 is 9.53 Å². The standard InChI is InChI=1S/C17H19NO2/c1-13-8-10-16(11-9-13)20-14(2)17(19)18-12-15-6-4-3-5-7-15/h3-11,14H,12H2,1-2H3,(H,18,19)/t14-/m1/s1. The van der Waals surface area contributed by atoms with Crippen molar-refractivity contribution in [1.82, 2.24) is 5.32 Å². The van der Waals surface area contributed by atoms with Gasteiger partial charge in [0.05, 0.1) is 0 Å². The minimum atomic E-state index is -0.513. The van der Waals surface area contributed by atoms with Crippen LogP contribution in [0.2, 0.25) is 0 Å². The molecule has 3 heteroatoms. The molecule has 0 radical (unpaired) electrons. The van der Waals surface area contributed by atoms with Crippen LogP contribution in [0.4, 0.5) is 0 Å². The van der Waals surface area contributed by atoms with Crippen molar-refractivity contribution in [2.75, 3.05) is 0 Å². The molecule has 2 rings (SSSR count). The first kappa shape index (κ1) is 14.1. The SMILES string of the molecule is Cc1ccc(O[C@H](C)C(=O)NCc2ccccc2)cc1. The number of hydrogen-bond acceptors (Lipinski definition) is 2. The van der Waals surface area contributed by atoms with Crippen LogP contribution in [-0.2, 0) is 11.3 Å². The van der Waals surface area contributed by atoms with Gasteiger partial charge in [-0.15, -0.1) is 0 Å². The topological polar surface area (TPSA) is 38.3 Å². The number of carbonyl (C=O) groups excluding carboxylic acids is 1. The van der Waals surface area contributed by atoms with Gasteiger partial charge in [-0.25, -0.2) is 0 Å². The Kier molecular flexibility index (Phi) is 4.77. The first-order valence-corrected chi connectivity index (χ1v) is 6.70. The predicted octanol–water partition coefficient (Wildman–Crippen LogP) is 3.08. The molecule has 0 spiro atoms. The van der Waals surface area contributed by atoms with Crippen LogP contribution in [0.15, 0.2) is 54.6 Å². The Hall–Kier alpha value is -2.29. The van der Waals surface area contributed by atoms with E-state index in [9.17, 15) is 4.79 Å². The van der Waals surface area contributed by atoms with Gasteiger partial charge in [-0.3, -0.25) is 4.79 Å². The zero-order chi connectivity index (χ0) is 14.4. The van der Waals surface area contributed by atoms with Crippen LogP contribution in [0.25, 0.3) is 0 Å². The van der Waals surface area contributed by atoms with Crippen LogP contribution < -0.4 is 10.1 Å². The van der Waals surface area contributed by atoms with Crippen LogP contribution in [0, 0.1) is 6.92 Å². The second-order valence-electron chi connectivity index (χ2n) is 4.78. The minimum Gasteiger partial charge on any atom is -0.481 e. The molecule has 0 bridgehead atoms. The summed E-state index contributed by atoms with van der Waals surface area (Å²) in [5.41, 5.74) is 2.24. The summed E-state index contributed by atoms with van der Waals surface area (Å²) >= 11 is 0. The fourth-order valence-corrected chi connectivity index (χ4v) is 1.80. The molecule has 0 saturated heterocycles. The van der Waals surface area contributed by atoms with Gasteiger partial charge in [0.2, 0.25) is 0 Å². The highest BCUT2D eigenvalue weighted by Crippen LogP contribution is 2.13. The third-order valence-electron chi connectivity index (χ3n) is 3.01. The maximum absolute atomic E-state index is 12.0. The van der Waals surface area contributed by atoms with Gasteiger partial charge >= 0.3 is 0 Å². The van der Waals surface area contributed by atoms with E-state index >= 15 is 0 Å². The van der Waals surface area contributed by atoms with E-state index in [0.29, 0.717) is 12.3 Å². The lowest BCUT2D eigenvalue weighted by Crippen LogP contribution is -2.35. The molecule has 1 atom stereocenters. The molecule has 104 valence electrons. The number of nitrogens with one attached hydrogen (secondary N) is 1. The predicted molar refractivity (Wildman–Crippen MR) is 79.6 cm³/mol. The van der Waals surface area contributed by atoms with E-state index < -0.39 is 6.10 Å². The molecular weight excluding hydrogens is 250 g/mol. The number of amides is 1. The van der Waals surface area contributed by atoms with E-state index in [1.807, 2.05) is 61.5 Å². The summed E-state index contributed by atoms with van der Waals surface area (Å²) in [6.45, 7) is 4.28. The zero-order valence-electron chi connectivity index (χ0n) is 11.8. The van der Waals surface area contributed by atoms with Gasteiger partial charge in [0.1, 0.15) is 5.75 Å². The average Bonchev–Trinajstić information content (AvgIpc) is 2.48. The number of hydrogen-bond donors (Lipinski definition) is 1. The average molecular weight is 269 g/mol. The summed E-state index contributed by atoms with van der Waals surface area (Å²) in [6.07, 6.45) is -0.513. The number of rotatable bonds is 5. The van der Waals surface area contributed by atoms with E-state index in [1.54, 1.807) is 6.92 Å². The molecule has 0 heterocycles. The molecule has 2 aromatic rings. The van der Waals surface area contributed by atoms with E-state index in [4.69, 9.17) is 4.74 Å². The third kappa shape index (κ3) is 4.12. The van der Waals surface area contributed by atoms with E-state index in [2.05, 4.69) is 5.32 Å². The quantitative estimate of drug-likeness (QED) is 0.906. The normalized spacial score (nSPS) is 11.7. The van der Waals surface area contributed by atoms with Gasteiger partial charge in [-0.1, -0.05) is 48.0 Å². The van der Waals surface area contributed by atoms with Gasteiger partial charge in [-0.2, -0.15) is 0 Å². The van der Waals surface area contributed by atoms with Crippen molar-refractivity contribution >= 4 is 5.91 Å². The lowest BCUT2D eigenvalue weighted by atomic mass is 10.2. The summed E-state index contributed by atoms with van der Waals surface area (Å²) in [4.78, 5) is 12.0. The Labute approximate surface area is 119 Å². The summed E-state index contributed by atoms with van der Waals surface area (Å²) < 4.78 is 5.61. The Bertz CT molecular complexity index is 549. The number of carbonyl (C=O) groups is 1. The van der Waals surface area contributed by atoms with Gasteiger partial charge < -0.3 is 10.1 Å². The fraction of sp³-hybridized carbons (Fsp3) is 0.235. The summed E-state index contributed by atoms with van der Waals surface area (Å²) in [6, 6.07) is 17.5. The van der Waals surface area contributed by atoms with Crippen LogP contribution in [0.3, 0.4) is 0 Å². The zero-order valence-corrected chi connectivity index (χ0v) is 11.8. The molecule has 1 amide bonds. The van der Waals surface area contributed by atoms with Gasteiger partial charge in [0.25, 0.3) is 5.91 Å². The minimum absolute atomic E-state index is 0.116. The second-order valence-corrected chi connectivity index (χ2v) is 4.78. The highest BCUT2D eigenvalue weighted by atomic mass is 16.5. The van der Waals surface area contributed by atoms with E-state index in [0.717, 1.165) is 5.56 Å². The van der Waals surface area contributed by atoms with Crippen molar-refractivity contribution in [2.24, 2.45) is 0 Å². The molecule has 2 aromatic carbocycles. The van der Waals surface area contributed by atoms with E-state index in [1.165, 1.54) is 5.56 Å². The highest BCUT2D eigenvalue weighted by Gasteiger charge is 2.13. The van der Waals surface area contributed by atoms with E-state index in [-0.39, 0.29) is 5.91 Å². The lowest BCUT2D eigenvalue weighted by molar-refractivity contribution is -0.127. The molecule has 0 aliphatic heterocycles. The molecule has 3 nitrogen and oxygen atoms in total. The molecular formula is C17H19NO2. The smallest absolute Gasteiger partial charge is 0.261 e. The number of ether oxygens (including phenoxy) is 1. The van der Waals surface area contributed by atoms with Crippen molar-refractivity contribution in [1.29, 1.82) is 0 Å². The Morgan fingerprint density at radius 2 is 1.75 bits per heavy atom. The monoisotopic (exact) mass is 269 g/mol. The van der Waals surface area contributed by atoms with Crippen molar-refractivity contribution in [2.45, 2.75) is 26.5 Å². The summed E-state index contributed by atoms with van der Waals surface area (Å²) in [7, 11) is 0. The molecule has 20 heavy (non-hydrogen) atoms.